The maximum atomic E-state index is 12.1. The molecule has 5 heteroatoms. The molecule has 122 valence electrons. The normalized spacial score (nSPS) is 10.7. The van der Waals surface area contributed by atoms with Crippen molar-refractivity contribution in [3.63, 3.8) is 0 Å². The summed E-state index contributed by atoms with van der Waals surface area (Å²) in [5.41, 5.74) is 3.74. The molecular formula is C19H20N4O. The Hall–Kier alpha value is -2.95. The van der Waals surface area contributed by atoms with Crippen LogP contribution in [0, 0.1) is 0 Å². The van der Waals surface area contributed by atoms with Gasteiger partial charge in [-0.05, 0) is 31.2 Å². The van der Waals surface area contributed by atoms with E-state index < -0.39 is 0 Å². The molecule has 0 radical (unpaired) electrons. The van der Waals surface area contributed by atoms with Gasteiger partial charge in [0.05, 0.1) is 11.0 Å². The van der Waals surface area contributed by atoms with Crippen LogP contribution in [0.3, 0.4) is 0 Å². The van der Waals surface area contributed by atoms with E-state index in [1.807, 2.05) is 25.1 Å². The average Bonchev–Trinajstić information content (AvgIpc) is 2.93. The molecule has 2 aromatic heterocycles. The lowest BCUT2D eigenvalue weighted by Gasteiger charge is -2.10. The number of fused-ring (bicyclic) bond motifs is 1. The van der Waals surface area contributed by atoms with E-state index in [-0.39, 0.29) is 5.91 Å². The Bertz CT molecular complexity index is 867. The van der Waals surface area contributed by atoms with Crippen LogP contribution in [0.25, 0.3) is 11.0 Å². The third-order valence-electron chi connectivity index (χ3n) is 3.74. The molecule has 0 saturated heterocycles. The zero-order chi connectivity index (χ0) is 16.9. The van der Waals surface area contributed by atoms with Gasteiger partial charge in [-0.2, -0.15) is 0 Å². The summed E-state index contributed by atoms with van der Waals surface area (Å²) in [5.74, 6) is 0.856. The van der Waals surface area contributed by atoms with Gasteiger partial charge in [-0.3, -0.25) is 9.78 Å². The SMILES string of the molecule is C=C(C)Cn1c(CCNC(=O)c2ccncc2)nc2ccccc21. The summed E-state index contributed by atoms with van der Waals surface area (Å²) in [6.07, 6.45) is 3.89. The number of amides is 1. The standard InChI is InChI=1S/C19H20N4O/c1-14(2)13-23-17-6-4-3-5-16(17)22-18(23)9-12-21-19(24)15-7-10-20-11-8-15/h3-8,10-11H,1,9,12-13H2,2H3,(H,21,24). The van der Waals surface area contributed by atoms with Crippen molar-refractivity contribution in [3.8, 4) is 0 Å². The Balaban J connectivity index is 1.73. The van der Waals surface area contributed by atoms with Gasteiger partial charge in [0, 0.05) is 37.5 Å². The predicted molar refractivity (Wildman–Crippen MR) is 94.8 cm³/mol. The second kappa shape index (κ2) is 7.08. The summed E-state index contributed by atoms with van der Waals surface area (Å²) in [5, 5.41) is 2.93. The number of allylic oxidation sites excluding steroid dienone is 1. The zero-order valence-corrected chi connectivity index (χ0v) is 13.7. The Kier molecular flexibility index (Phi) is 4.70. The van der Waals surface area contributed by atoms with Crippen molar-refractivity contribution in [2.24, 2.45) is 0 Å². The van der Waals surface area contributed by atoms with Crippen LogP contribution in [-0.2, 0) is 13.0 Å². The maximum absolute atomic E-state index is 12.1. The van der Waals surface area contributed by atoms with Crippen LogP contribution < -0.4 is 5.32 Å². The number of carbonyl (C=O) groups excluding carboxylic acids is 1. The van der Waals surface area contributed by atoms with E-state index in [1.54, 1.807) is 24.5 Å². The van der Waals surface area contributed by atoms with Gasteiger partial charge in [0.1, 0.15) is 5.82 Å². The van der Waals surface area contributed by atoms with E-state index in [2.05, 4.69) is 27.5 Å². The molecule has 1 aromatic carbocycles. The van der Waals surface area contributed by atoms with Crippen LogP contribution in [0.15, 0.2) is 60.9 Å². The van der Waals surface area contributed by atoms with Crippen molar-refractivity contribution in [3.05, 3.63) is 72.3 Å². The molecule has 0 unspecified atom stereocenters. The van der Waals surface area contributed by atoms with Crippen LogP contribution in [0.1, 0.15) is 23.1 Å². The van der Waals surface area contributed by atoms with Gasteiger partial charge in [-0.25, -0.2) is 4.98 Å². The highest BCUT2D eigenvalue weighted by molar-refractivity contribution is 5.93. The third-order valence-corrected chi connectivity index (χ3v) is 3.74. The number of nitrogens with one attached hydrogen (secondary N) is 1. The molecule has 1 N–H and O–H groups in total. The first-order valence-corrected chi connectivity index (χ1v) is 7.92. The second-order valence-corrected chi connectivity index (χ2v) is 5.80. The molecule has 2 heterocycles. The largest absolute Gasteiger partial charge is 0.352 e. The highest BCUT2D eigenvalue weighted by Crippen LogP contribution is 2.17. The maximum Gasteiger partial charge on any atom is 0.251 e. The number of hydrogen-bond acceptors (Lipinski definition) is 3. The first-order chi connectivity index (χ1) is 11.6. The topological polar surface area (TPSA) is 59.8 Å². The number of rotatable bonds is 6. The van der Waals surface area contributed by atoms with E-state index in [0.29, 0.717) is 18.5 Å². The van der Waals surface area contributed by atoms with Crippen LogP contribution in [0.5, 0.6) is 0 Å². The molecule has 0 saturated carbocycles. The molecule has 0 aliphatic rings. The lowest BCUT2D eigenvalue weighted by molar-refractivity contribution is 0.0954. The molecule has 3 aromatic rings. The van der Waals surface area contributed by atoms with Gasteiger partial charge in [-0.15, -0.1) is 0 Å². The minimum absolute atomic E-state index is 0.0973. The number of nitrogens with zero attached hydrogens (tertiary/aromatic N) is 3. The van der Waals surface area contributed by atoms with Gasteiger partial charge in [-0.1, -0.05) is 24.3 Å². The number of carbonyl (C=O) groups is 1. The summed E-state index contributed by atoms with van der Waals surface area (Å²) in [7, 11) is 0. The smallest absolute Gasteiger partial charge is 0.251 e. The van der Waals surface area contributed by atoms with Crippen molar-refractivity contribution in [2.45, 2.75) is 19.9 Å². The van der Waals surface area contributed by atoms with Crippen LogP contribution >= 0.6 is 0 Å². The number of hydrogen-bond donors (Lipinski definition) is 1. The van der Waals surface area contributed by atoms with Gasteiger partial charge >= 0.3 is 0 Å². The molecule has 0 bridgehead atoms. The fourth-order valence-electron chi connectivity index (χ4n) is 2.66. The van der Waals surface area contributed by atoms with Crippen LogP contribution in [-0.4, -0.2) is 27.0 Å². The molecule has 0 aliphatic carbocycles. The third kappa shape index (κ3) is 3.51. The quantitative estimate of drug-likeness (QED) is 0.710. The van der Waals surface area contributed by atoms with Gasteiger partial charge < -0.3 is 9.88 Å². The molecule has 3 rings (SSSR count). The van der Waals surface area contributed by atoms with E-state index in [9.17, 15) is 4.79 Å². The Morgan fingerprint density at radius 3 is 2.71 bits per heavy atom. The lowest BCUT2D eigenvalue weighted by atomic mass is 10.2. The molecule has 0 aliphatic heterocycles. The summed E-state index contributed by atoms with van der Waals surface area (Å²) in [6.45, 7) is 7.26. The Morgan fingerprint density at radius 1 is 1.21 bits per heavy atom. The van der Waals surface area contributed by atoms with E-state index in [1.165, 1.54) is 0 Å². The minimum atomic E-state index is -0.0973. The highest BCUT2D eigenvalue weighted by atomic mass is 16.1. The Morgan fingerprint density at radius 2 is 1.96 bits per heavy atom. The van der Waals surface area contributed by atoms with Crippen LogP contribution in [0.2, 0.25) is 0 Å². The predicted octanol–water partition coefficient (Wildman–Crippen LogP) is 2.98. The van der Waals surface area contributed by atoms with Crippen molar-refractivity contribution >= 4 is 16.9 Å². The molecule has 0 atom stereocenters. The minimum Gasteiger partial charge on any atom is -0.352 e. The molecule has 0 spiro atoms. The van der Waals surface area contributed by atoms with E-state index in [0.717, 1.165) is 29.0 Å². The average molecular weight is 320 g/mol. The van der Waals surface area contributed by atoms with Crippen molar-refractivity contribution in [1.29, 1.82) is 0 Å². The van der Waals surface area contributed by atoms with Gasteiger partial charge in [0.25, 0.3) is 5.91 Å². The first-order valence-electron chi connectivity index (χ1n) is 7.92. The molecule has 24 heavy (non-hydrogen) atoms. The molecule has 5 nitrogen and oxygen atoms in total. The van der Waals surface area contributed by atoms with Gasteiger partial charge in [0.2, 0.25) is 0 Å². The number of aromatic nitrogens is 3. The molecular weight excluding hydrogens is 300 g/mol. The zero-order valence-electron chi connectivity index (χ0n) is 13.7. The fourth-order valence-corrected chi connectivity index (χ4v) is 2.66. The van der Waals surface area contributed by atoms with E-state index >= 15 is 0 Å². The second-order valence-electron chi connectivity index (χ2n) is 5.80. The number of para-hydroxylation sites is 2. The van der Waals surface area contributed by atoms with Crippen LogP contribution in [0.4, 0.5) is 0 Å². The summed E-state index contributed by atoms with van der Waals surface area (Å²) in [4.78, 5) is 20.7. The lowest BCUT2D eigenvalue weighted by Crippen LogP contribution is -2.26. The number of pyridine rings is 1. The number of benzene rings is 1. The fraction of sp³-hybridized carbons (Fsp3) is 0.211. The first kappa shape index (κ1) is 15.9. The van der Waals surface area contributed by atoms with E-state index in [4.69, 9.17) is 4.98 Å². The number of imidazole rings is 1. The van der Waals surface area contributed by atoms with Crippen molar-refractivity contribution in [2.75, 3.05) is 6.54 Å². The monoisotopic (exact) mass is 320 g/mol. The van der Waals surface area contributed by atoms with Crippen molar-refractivity contribution in [1.82, 2.24) is 19.9 Å². The molecule has 1 amide bonds. The van der Waals surface area contributed by atoms with Gasteiger partial charge in [0.15, 0.2) is 0 Å². The van der Waals surface area contributed by atoms with Crippen molar-refractivity contribution < 1.29 is 4.79 Å². The summed E-state index contributed by atoms with van der Waals surface area (Å²) in [6, 6.07) is 11.5. The highest BCUT2D eigenvalue weighted by Gasteiger charge is 2.11. The summed E-state index contributed by atoms with van der Waals surface area (Å²) < 4.78 is 2.16. The molecule has 0 fully saturated rings. The summed E-state index contributed by atoms with van der Waals surface area (Å²) >= 11 is 0. The Labute approximate surface area is 141 Å².